The topological polar surface area (TPSA) is 81.9 Å². The summed E-state index contributed by atoms with van der Waals surface area (Å²) in [6.45, 7) is 4.23. The SMILES string of the molecule is CCCOc1cccc(N(C)CC(=O)OCC)c1[N+](=O)[O-]. The zero-order valence-electron chi connectivity index (χ0n) is 12.5. The highest BCUT2D eigenvalue weighted by Gasteiger charge is 2.24. The monoisotopic (exact) mass is 296 g/mol. The number of anilines is 1. The van der Waals surface area contributed by atoms with Gasteiger partial charge in [-0.1, -0.05) is 13.0 Å². The summed E-state index contributed by atoms with van der Waals surface area (Å²) in [4.78, 5) is 23.8. The van der Waals surface area contributed by atoms with Crippen molar-refractivity contribution in [1.82, 2.24) is 0 Å². The Morgan fingerprint density at radius 2 is 2.10 bits per heavy atom. The van der Waals surface area contributed by atoms with Gasteiger partial charge in [-0.05, 0) is 25.5 Å². The molecule has 7 heteroatoms. The van der Waals surface area contributed by atoms with E-state index in [4.69, 9.17) is 9.47 Å². The molecular formula is C14H20N2O5. The third-order valence-corrected chi connectivity index (χ3v) is 2.70. The first-order chi connectivity index (χ1) is 10.0. The average molecular weight is 296 g/mol. The Labute approximate surface area is 123 Å². The van der Waals surface area contributed by atoms with E-state index in [1.54, 1.807) is 32.2 Å². The van der Waals surface area contributed by atoms with Crippen molar-refractivity contribution in [2.24, 2.45) is 0 Å². The maximum atomic E-state index is 11.5. The van der Waals surface area contributed by atoms with Gasteiger partial charge in [0.25, 0.3) is 0 Å². The maximum absolute atomic E-state index is 11.5. The lowest BCUT2D eigenvalue weighted by atomic mass is 10.2. The van der Waals surface area contributed by atoms with Crippen molar-refractivity contribution >= 4 is 17.3 Å². The smallest absolute Gasteiger partial charge is 0.333 e. The van der Waals surface area contributed by atoms with Gasteiger partial charge in [0.15, 0.2) is 5.75 Å². The van der Waals surface area contributed by atoms with Crippen molar-refractivity contribution in [3.63, 3.8) is 0 Å². The van der Waals surface area contributed by atoms with Crippen LogP contribution in [-0.4, -0.2) is 37.7 Å². The summed E-state index contributed by atoms with van der Waals surface area (Å²) >= 11 is 0. The van der Waals surface area contributed by atoms with Crippen molar-refractivity contribution < 1.29 is 19.2 Å². The molecular weight excluding hydrogens is 276 g/mol. The molecule has 1 aromatic carbocycles. The van der Waals surface area contributed by atoms with Gasteiger partial charge >= 0.3 is 11.7 Å². The summed E-state index contributed by atoms with van der Waals surface area (Å²) in [7, 11) is 1.60. The number of ether oxygens (including phenoxy) is 2. The molecule has 0 atom stereocenters. The van der Waals surface area contributed by atoms with Gasteiger partial charge in [0.05, 0.1) is 18.1 Å². The number of esters is 1. The van der Waals surface area contributed by atoms with E-state index >= 15 is 0 Å². The van der Waals surface area contributed by atoms with E-state index in [-0.39, 0.29) is 24.6 Å². The maximum Gasteiger partial charge on any atom is 0.333 e. The number of carbonyl (C=O) groups excluding carboxylic acids is 1. The second-order valence-electron chi connectivity index (χ2n) is 4.39. The molecule has 1 rings (SSSR count). The molecule has 0 amide bonds. The minimum Gasteiger partial charge on any atom is -0.487 e. The van der Waals surface area contributed by atoms with E-state index in [2.05, 4.69) is 0 Å². The Bertz CT molecular complexity index is 504. The zero-order chi connectivity index (χ0) is 15.8. The fraction of sp³-hybridized carbons (Fsp3) is 0.500. The molecule has 116 valence electrons. The third kappa shape index (κ3) is 4.62. The van der Waals surface area contributed by atoms with Gasteiger partial charge in [0, 0.05) is 7.05 Å². The van der Waals surface area contributed by atoms with Gasteiger partial charge in [-0.2, -0.15) is 0 Å². The van der Waals surface area contributed by atoms with Crippen LogP contribution in [0.3, 0.4) is 0 Å². The van der Waals surface area contributed by atoms with Crippen LogP contribution in [0.1, 0.15) is 20.3 Å². The molecule has 0 spiro atoms. The largest absolute Gasteiger partial charge is 0.487 e. The van der Waals surface area contributed by atoms with E-state index < -0.39 is 10.9 Å². The van der Waals surface area contributed by atoms with Gasteiger partial charge in [0.1, 0.15) is 12.2 Å². The number of nitro groups is 1. The third-order valence-electron chi connectivity index (χ3n) is 2.70. The van der Waals surface area contributed by atoms with Crippen LogP contribution in [0.2, 0.25) is 0 Å². The van der Waals surface area contributed by atoms with Crippen LogP contribution >= 0.6 is 0 Å². The molecule has 0 aliphatic carbocycles. The number of para-hydroxylation sites is 1. The van der Waals surface area contributed by atoms with E-state index in [1.165, 1.54) is 4.90 Å². The zero-order valence-corrected chi connectivity index (χ0v) is 12.5. The summed E-state index contributed by atoms with van der Waals surface area (Å²) in [6.07, 6.45) is 0.750. The van der Waals surface area contributed by atoms with Gasteiger partial charge < -0.3 is 14.4 Å². The number of hydrogen-bond donors (Lipinski definition) is 0. The summed E-state index contributed by atoms with van der Waals surface area (Å²) in [5.74, 6) is -0.232. The van der Waals surface area contributed by atoms with Gasteiger partial charge in [-0.15, -0.1) is 0 Å². The minimum absolute atomic E-state index is 0.0636. The minimum atomic E-state index is -0.498. The lowest BCUT2D eigenvalue weighted by Gasteiger charge is -2.19. The quantitative estimate of drug-likeness (QED) is 0.416. The highest BCUT2D eigenvalue weighted by atomic mass is 16.6. The predicted molar refractivity (Wildman–Crippen MR) is 78.8 cm³/mol. The molecule has 0 bridgehead atoms. The van der Waals surface area contributed by atoms with Gasteiger partial charge in [0.2, 0.25) is 0 Å². The Morgan fingerprint density at radius 3 is 2.67 bits per heavy atom. The van der Waals surface area contributed by atoms with Crippen LogP contribution in [0.4, 0.5) is 11.4 Å². The Morgan fingerprint density at radius 1 is 1.38 bits per heavy atom. The van der Waals surface area contributed by atoms with Crippen LogP contribution in [-0.2, 0) is 9.53 Å². The standard InChI is InChI=1S/C14H20N2O5/c1-4-9-21-12-8-6-7-11(14(12)16(18)19)15(3)10-13(17)20-5-2/h6-8H,4-5,9-10H2,1-3H3. The average Bonchev–Trinajstić information content (AvgIpc) is 2.44. The summed E-state index contributed by atoms with van der Waals surface area (Å²) in [6, 6.07) is 4.79. The van der Waals surface area contributed by atoms with Crippen molar-refractivity contribution in [2.75, 3.05) is 31.7 Å². The van der Waals surface area contributed by atoms with Crippen LogP contribution in [0.25, 0.3) is 0 Å². The number of nitro benzene ring substituents is 1. The highest BCUT2D eigenvalue weighted by molar-refractivity contribution is 5.79. The summed E-state index contributed by atoms with van der Waals surface area (Å²) in [5.41, 5.74) is 0.180. The van der Waals surface area contributed by atoms with Crippen LogP contribution < -0.4 is 9.64 Å². The molecule has 1 aromatic rings. The molecule has 0 aliphatic rings. The molecule has 0 N–H and O–H groups in total. The van der Waals surface area contributed by atoms with Crippen molar-refractivity contribution in [2.45, 2.75) is 20.3 Å². The lowest BCUT2D eigenvalue weighted by molar-refractivity contribution is -0.385. The normalized spacial score (nSPS) is 10.0. The Hall–Kier alpha value is -2.31. The number of likely N-dealkylation sites (N-methyl/N-ethyl adjacent to an activating group) is 1. The number of hydrogen-bond acceptors (Lipinski definition) is 6. The fourth-order valence-corrected chi connectivity index (χ4v) is 1.82. The Balaban J connectivity index is 3.04. The number of rotatable bonds is 8. The molecule has 7 nitrogen and oxygen atoms in total. The number of nitrogens with zero attached hydrogens (tertiary/aromatic N) is 2. The molecule has 0 aliphatic heterocycles. The molecule has 0 radical (unpaired) electrons. The van der Waals surface area contributed by atoms with Gasteiger partial charge in [-0.3, -0.25) is 14.9 Å². The molecule has 0 fully saturated rings. The summed E-state index contributed by atoms with van der Waals surface area (Å²) < 4.78 is 10.3. The van der Waals surface area contributed by atoms with Crippen LogP contribution in [0.5, 0.6) is 5.75 Å². The fourth-order valence-electron chi connectivity index (χ4n) is 1.82. The van der Waals surface area contributed by atoms with Crippen LogP contribution in [0.15, 0.2) is 18.2 Å². The van der Waals surface area contributed by atoms with E-state index in [9.17, 15) is 14.9 Å². The molecule has 0 unspecified atom stereocenters. The molecule has 0 saturated carbocycles. The molecule has 0 saturated heterocycles. The molecule has 0 heterocycles. The Kier molecular flexibility index (Phi) is 6.45. The van der Waals surface area contributed by atoms with E-state index in [0.717, 1.165) is 6.42 Å². The molecule has 21 heavy (non-hydrogen) atoms. The van der Waals surface area contributed by atoms with E-state index in [0.29, 0.717) is 12.3 Å². The molecule has 0 aromatic heterocycles. The first-order valence-electron chi connectivity index (χ1n) is 6.78. The highest BCUT2D eigenvalue weighted by Crippen LogP contribution is 2.36. The second kappa shape index (κ2) is 8.08. The van der Waals surface area contributed by atoms with Crippen molar-refractivity contribution in [1.29, 1.82) is 0 Å². The first-order valence-corrected chi connectivity index (χ1v) is 6.78. The predicted octanol–water partition coefficient (Wildman–Crippen LogP) is 2.38. The number of carbonyl (C=O) groups is 1. The van der Waals surface area contributed by atoms with E-state index in [1.807, 2.05) is 6.92 Å². The van der Waals surface area contributed by atoms with Gasteiger partial charge in [-0.25, -0.2) is 0 Å². The van der Waals surface area contributed by atoms with Crippen LogP contribution in [0, 0.1) is 10.1 Å². The summed E-state index contributed by atoms with van der Waals surface area (Å²) in [5, 5.41) is 11.3. The lowest BCUT2D eigenvalue weighted by Crippen LogP contribution is -2.27. The van der Waals surface area contributed by atoms with Crippen molar-refractivity contribution in [3.05, 3.63) is 28.3 Å². The van der Waals surface area contributed by atoms with Crippen molar-refractivity contribution in [3.8, 4) is 5.75 Å². The second-order valence-corrected chi connectivity index (χ2v) is 4.39. The number of benzene rings is 1. The first kappa shape index (κ1) is 16.7.